The lowest BCUT2D eigenvalue weighted by molar-refractivity contribution is -0.141. The fourth-order valence-corrected chi connectivity index (χ4v) is 3.69. The van der Waals surface area contributed by atoms with Gasteiger partial charge in [0.25, 0.3) is 0 Å². The average Bonchev–Trinajstić information content (AvgIpc) is 2.87. The Hall–Kier alpha value is -2.92. The van der Waals surface area contributed by atoms with Gasteiger partial charge in [-0.15, -0.1) is 0 Å². The molecule has 1 heterocycles. The number of allylic oxidation sites excluding steroid dienone is 1. The number of rotatable bonds is 5. The number of ketones is 1. The summed E-state index contributed by atoms with van der Waals surface area (Å²) in [5.41, 5.74) is 2.74. The zero-order chi connectivity index (χ0) is 21.2. The molecule has 0 atom stereocenters. The highest BCUT2D eigenvalue weighted by molar-refractivity contribution is 6.32. The van der Waals surface area contributed by atoms with Gasteiger partial charge < -0.3 is 9.64 Å². The second-order valence-electron chi connectivity index (χ2n) is 7.27. The molecule has 0 N–H and O–H groups in total. The van der Waals surface area contributed by atoms with Gasteiger partial charge in [-0.25, -0.2) is 9.18 Å². The molecule has 0 fully saturated rings. The molecule has 0 bridgehead atoms. The summed E-state index contributed by atoms with van der Waals surface area (Å²) in [7, 11) is 1.90. The van der Waals surface area contributed by atoms with Crippen LogP contribution in [-0.2, 0) is 19.7 Å². The van der Waals surface area contributed by atoms with E-state index in [1.54, 1.807) is 0 Å². The van der Waals surface area contributed by atoms with Crippen LogP contribution in [0.25, 0.3) is 6.08 Å². The van der Waals surface area contributed by atoms with Gasteiger partial charge in [0, 0.05) is 41.6 Å². The third-order valence-electron chi connectivity index (χ3n) is 4.98. The quantitative estimate of drug-likeness (QED) is 0.515. The van der Waals surface area contributed by atoms with Crippen molar-refractivity contribution < 1.29 is 18.7 Å². The van der Waals surface area contributed by atoms with E-state index < -0.39 is 18.4 Å². The van der Waals surface area contributed by atoms with Crippen LogP contribution in [0.3, 0.4) is 0 Å². The second kappa shape index (κ2) is 8.21. The van der Waals surface area contributed by atoms with Crippen LogP contribution in [0.4, 0.5) is 10.1 Å². The molecule has 0 saturated carbocycles. The van der Waals surface area contributed by atoms with Crippen molar-refractivity contribution in [2.24, 2.45) is 0 Å². The summed E-state index contributed by atoms with van der Waals surface area (Å²) in [5.74, 6) is -1.63. The van der Waals surface area contributed by atoms with Crippen LogP contribution in [0.15, 0.2) is 60.3 Å². The molecule has 0 amide bonds. The van der Waals surface area contributed by atoms with Crippen LogP contribution in [0.5, 0.6) is 0 Å². The molecule has 0 radical (unpaired) electrons. The van der Waals surface area contributed by atoms with Gasteiger partial charge in [-0.1, -0.05) is 49.7 Å². The lowest BCUT2D eigenvalue weighted by Gasteiger charge is -2.23. The third kappa shape index (κ3) is 4.25. The topological polar surface area (TPSA) is 46.6 Å². The number of carbonyl (C=O) groups is 2. The van der Waals surface area contributed by atoms with Gasteiger partial charge in [0.05, 0.1) is 5.02 Å². The maximum atomic E-state index is 13.7. The van der Waals surface area contributed by atoms with E-state index in [4.69, 9.17) is 16.3 Å². The third-order valence-corrected chi connectivity index (χ3v) is 5.31. The van der Waals surface area contributed by atoms with E-state index in [1.165, 1.54) is 30.4 Å². The summed E-state index contributed by atoms with van der Waals surface area (Å²) in [6.45, 7) is 3.68. The summed E-state index contributed by atoms with van der Waals surface area (Å²) < 4.78 is 18.7. The highest BCUT2D eigenvalue weighted by Crippen LogP contribution is 2.46. The lowest BCUT2D eigenvalue weighted by atomic mass is 9.83. The van der Waals surface area contributed by atoms with E-state index in [-0.39, 0.29) is 21.8 Å². The van der Waals surface area contributed by atoms with Crippen molar-refractivity contribution in [2.75, 3.05) is 18.6 Å². The number of halogens is 2. The van der Waals surface area contributed by atoms with Crippen LogP contribution in [0, 0.1) is 5.82 Å². The van der Waals surface area contributed by atoms with Gasteiger partial charge in [0.1, 0.15) is 5.82 Å². The normalized spacial score (nSPS) is 16.3. The van der Waals surface area contributed by atoms with E-state index in [0.29, 0.717) is 0 Å². The Kier molecular flexibility index (Phi) is 5.89. The van der Waals surface area contributed by atoms with E-state index in [0.717, 1.165) is 23.0 Å². The molecule has 0 aromatic heterocycles. The molecular weight excluding hydrogens is 393 g/mol. The molecule has 6 heteroatoms. The number of carbonyl (C=O) groups excluding carboxylic acids is 2. The van der Waals surface area contributed by atoms with Crippen molar-refractivity contribution in [3.05, 3.63) is 82.3 Å². The van der Waals surface area contributed by atoms with Crippen molar-refractivity contribution in [2.45, 2.75) is 19.3 Å². The highest BCUT2D eigenvalue weighted by Gasteiger charge is 2.38. The molecule has 150 valence electrons. The number of ether oxygens (including phenoxy) is 1. The number of likely N-dealkylation sites (N-methyl/N-ethyl adjacent to an activating group) is 1. The average molecular weight is 414 g/mol. The van der Waals surface area contributed by atoms with Crippen LogP contribution in [0.1, 0.15) is 25.0 Å². The van der Waals surface area contributed by atoms with Crippen molar-refractivity contribution >= 4 is 35.1 Å². The standard InChI is InChI=1S/C23H21ClFNO3/c1-23(2)17-7-4-5-10-20(17)26(3)21(23)13-15(27)14-29-22(28)12-11-16-18(24)8-6-9-19(16)25/h4-13H,14H2,1-3H3/b12-11+,21-13?. The van der Waals surface area contributed by atoms with Crippen molar-refractivity contribution in [3.8, 4) is 0 Å². The number of benzene rings is 2. The van der Waals surface area contributed by atoms with Gasteiger partial charge in [0.2, 0.25) is 0 Å². The second-order valence-corrected chi connectivity index (χ2v) is 7.68. The van der Waals surface area contributed by atoms with Crippen LogP contribution in [0.2, 0.25) is 5.02 Å². The van der Waals surface area contributed by atoms with Gasteiger partial charge in [-0.05, 0) is 29.8 Å². The smallest absolute Gasteiger partial charge is 0.331 e. The number of hydrogen-bond acceptors (Lipinski definition) is 4. The van der Waals surface area contributed by atoms with Crippen molar-refractivity contribution in [1.82, 2.24) is 0 Å². The molecule has 0 aliphatic carbocycles. The summed E-state index contributed by atoms with van der Waals surface area (Å²) in [5, 5.41) is 0.181. The molecule has 3 rings (SSSR count). The van der Waals surface area contributed by atoms with Gasteiger partial charge in [-0.3, -0.25) is 4.79 Å². The van der Waals surface area contributed by atoms with Gasteiger partial charge >= 0.3 is 5.97 Å². The largest absolute Gasteiger partial charge is 0.454 e. The number of para-hydroxylation sites is 1. The lowest BCUT2D eigenvalue weighted by Crippen LogP contribution is -2.25. The first-order valence-electron chi connectivity index (χ1n) is 9.09. The van der Waals surface area contributed by atoms with E-state index in [2.05, 4.69) is 0 Å². The SMILES string of the molecule is CN1C(=CC(=O)COC(=O)/C=C/c2c(F)cccc2Cl)C(C)(C)c2ccccc21. The molecule has 0 unspecified atom stereocenters. The van der Waals surface area contributed by atoms with E-state index in [1.807, 2.05) is 50.1 Å². The van der Waals surface area contributed by atoms with Gasteiger partial charge in [0.15, 0.2) is 12.4 Å². The zero-order valence-electron chi connectivity index (χ0n) is 16.4. The minimum absolute atomic E-state index is 0.0895. The number of nitrogens with zero attached hydrogens (tertiary/aromatic N) is 1. The number of fused-ring (bicyclic) bond motifs is 1. The van der Waals surface area contributed by atoms with Crippen LogP contribution >= 0.6 is 11.6 Å². The molecule has 2 aromatic rings. The van der Waals surface area contributed by atoms with Crippen molar-refractivity contribution in [3.63, 3.8) is 0 Å². The molecular formula is C23H21ClFNO3. The molecule has 1 aliphatic rings. The summed E-state index contributed by atoms with van der Waals surface area (Å²) >= 11 is 5.90. The Balaban J connectivity index is 1.66. The number of hydrogen-bond donors (Lipinski definition) is 0. The van der Waals surface area contributed by atoms with Crippen molar-refractivity contribution in [1.29, 1.82) is 0 Å². The summed E-state index contributed by atoms with van der Waals surface area (Å²) in [6, 6.07) is 12.2. The first kappa shape index (κ1) is 20.8. The first-order valence-corrected chi connectivity index (χ1v) is 9.46. The first-order chi connectivity index (χ1) is 13.7. The predicted octanol–water partition coefficient (Wildman–Crippen LogP) is 4.92. The number of anilines is 1. The van der Waals surface area contributed by atoms with Crippen LogP contribution < -0.4 is 4.90 Å². The fourth-order valence-electron chi connectivity index (χ4n) is 3.46. The summed E-state index contributed by atoms with van der Waals surface area (Å²) in [4.78, 5) is 26.2. The molecule has 1 aliphatic heterocycles. The zero-order valence-corrected chi connectivity index (χ0v) is 17.2. The maximum Gasteiger partial charge on any atom is 0.331 e. The molecule has 4 nitrogen and oxygen atoms in total. The Morgan fingerprint density at radius 3 is 2.59 bits per heavy atom. The monoisotopic (exact) mass is 413 g/mol. The van der Waals surface area contributed by atoms with E-state index >= 15 is 0 Å². The minimum Gasteiger partial charge on any atom is -0.454 e. The van der Waals surface area contributed by atoms with E-state index in [9.17, 15) is 14.0 Å². The Bertz CT molecular complexity index is 1010. The molecule has 0 saturated heterocycles. The Morgan fingerprint density at radius 1 is 1.17 bits per heavy atom. The van der Waals surface area contributed by atoms with Crippen LogP contribution in [-0.4, -0.2) is 25.4 Å². The molecule has 2 aromatic carbocycles. The Morgan fingerprint density at radius 2 is 1.90 bits per heavy atom. The minimum atomic E-state index is -0.751. The Labute approximate surface area is 174 Å². The molecule has 29 heavy (non-hydrogen) atoms. The number of esters is 1. The van der Waals surface area contributed by atoms with Gasteiger partial charge in [-0.2, -0.15) is 0 Å². The highest BCUT2D eigenvalue weighted by atomic mass is 35.5. The predicted molar refractivity (Wildman–Crippen MR) is 112 cm³/mol. The summed E-state index contributed by atoms with van der Waals surface area (Å²) in [6.07, 6.45) is 3.78. The molecule has 0 spiro atoms. The fraction of sp³-hybridized carbons (Fsp3) is 0.217. The maximum absolute atomic E-state index is 13.7.